The maximum absolute atomic E-state index is 16.5. The zero-order valence-corrected chi connectivity index (χ0v) is 25.4. The van der Waals surface area contributed by atoms with E-state index in [1.807, 2.05) is 4.90 Å². The number of fused-ring (bicyclic) bond motifs is 2. The number of benzene rings is 1. The van der Waals surface area contributed by atoms with Crippen molar-refractivity contribution in [2.24, 2.45) is 0 Å². The number of hydrogen-bond donors (Lipinski definition) is 0. The summed E-state index contributed by atoms with van der Waals surface area (Å²) >= 11 is 5.94. The fourth-order valence-corrected chi connectivity index (χ4v) is 7.65. The van der Waals surface area contributed by atoms with E-state index in [1.54, 1.807) is 4.90 Å². The minimum Gasteiger partial charge on any atom is -0.461 e. The molecule has 4 fully saturated rings. The Labute approximate surface area is 265 Å². The Balaban J connectivity index is 1.33. The number of carbonyl (C=O) groups excluding carboxylic acids is 1. The van der Waals surface area contributed by atoms with Crippen LogP contribution >= 0.6 is 11.6 Å². The summed E-state index contributed by atoms with van der Waals surface area (Å²) < 4.78 is 84.7. The van der Waals surface area contributed by atoms with Crippen LogP contribution in [0.2, 0.25) is 5.02 Å². The lowest BCUT2D eigenvalue weighted by atomic mass is 9.91. The molecule has 4 aliphatic rings. The minimum absolute atomic E-state index is 0.0594. The minimum atomic E-state index is -4.88. The zero-order chi connectivity index (χ0) is 32.4. The summed E-state index contributed by atoms with van der Waals surface area (Å²) in [6.07, 6.45) is -1.53. The average molecular weight is 665 g/mol. The van der Waals surface area contributed by atoms with Gasteiger partial charge in [0.2, 0.25) is 5.91 Å². The van der Waals surface area contributed by atoms with Gasteiger partial charge in [0.1, 0.15) is 35.3 Å². The molecule has 46 heavy (non-hydrogen) atoms. The van der Waals surface area contributed by atoms with Gasteiger partial charge in [-0.3, -0.25) is 14.7 Å². The molecule has 7 rings (SSSR count). The molecule has 1 aromatic carbocycles. The first kappa shape index (κ1) is 31.0. The van der Waals surface area contributed by atoms with Crippen molar-refractivity contribution in [1.29, 1.82) is 0 Å². The summed E-state index contributed by atoms with van der Waals surface area (Å²) in [6.45, 7) is 6.09. The fourth-order valence-electron chi connectivity index (χ4n) is 7.37. The standard InChI is InChI=1S/C31H30ClF5N6O3/c1-2-22(44)43-10-9-41(14-30(43)15-45-16-30)27-20-12-38-25(19-5-3-6-21(32)23(19)31(35,36)37)24(34)26(20)39-28(40-27)46-17-29-7-4-8-42(29)13-18(33)11-29/h2-3,5-6,12,18H,1,4,7-11,13-17H2/t18-,29+/m1/s1. The third kappa shape index (κ3) is 5.05. The lowest BCUT2D eigenvalue weighted by Crippen LogP contribution is -2.72. The Morgan fingerprint density at radius 1 is 1.22 bits per heavy atom. The summed E-state index contributed by atoms with van der Waals surface area (Å²) in [5.74, 6) is -1.11. The van der Waals surface area contributed by atoms with E-state index in [9.17, 15) is 22.4 Å². The zero-order valence-electron chi connectivity index (χ0n) is 24.6. The smallest absolute Gasteiger partial charge is 0.418 e. The Kier molecular flexibility index (Phi) is 7.59. The topological polar surface area (TPSA) is 83.9 Å². The van der Waals surface area contributed by atoms with Gasteiger partial charge in [-0.25, -0.2) is 8.78 Å². The molecule has 244 valence electrons. The molecule has 4 aliphatic heterocycles. The van der Waals surface area contributed by atoms with E-state index in [0.717, 1.165) is 25.1 Å². The van der Waals surface area contributed by atoms with Crippen LogP contribution in [0.3, 0.4) is 0 Å². The van der Waals surface area contributed by atoms with Crippen LogP contribution in [-0.2, 0) is 15.7 Å². The summed E-state index contributed by atoms with van der Waals surface area (Å²) in [5.41, 5.74) is -3.86. The van der Waals surface area contributed by atoms with Crippen molar-refractivity contribution in [2.75, 3.05) is 57.4 Å². The molecule has 1 amide bonds. The van der Waals surface area contributed by atoms with Crippen molar-refractivity contribution in [2.45, 2.75) is 42.7 Å². The first-order valence-corrected chi connectivity index (χ1v) is 15.3. The summed E-state index contributed by atoms with van der Waals surface area (Å²) in [6, 6.07) is 3.26. The molecule has 6 heterocycles. The van der Waals surface area contributed by atoms with Gasteiger partial charge >= 0.3 is 12.2 Å². The lowest BCUT2D eigenvalue weighted by molar-refractivity contribution is -0.164. The molecule has 0 bridgehead atoms. The molecule has 9 nitrogen and oxygen atoms in total. The van der Waals surface area contributed by atoms with Gasteiger partial charge in [-0.05, 0) is 31.5 Å². The number of piperazine rings is 1. The maximum Gasteiger partial charge on any atom is 0.418 e. The molecule has 0 radical (unpaired) electrons. The Morgan fingerprint density at radius 2 is 2.02 bits per heavy atom. The number of amides is 1. The second-order valence-electron chi connectivity index (χ2n) is 12.4. The number of anilines is 1. The molecular formula is C31H30ClF5N6O3. The molecule has 2 atom stereocenters. The van der Waals surface area contributed by atoms with E-state index in [0.29, 0.717) is 19.5 Å². The SMILES string of the molecule is C=CC(=O)N1CCN(c2nc(OC[C@@]34CCCN3C[C@H](F)C4)nc3c(F)c(-c4cccc(Cl)c4C(F)(F)F)ncc23)CC12COC2. The second kappa shape index (κ2) is 11.3. The summed E-state index contributed by atoms with van der Waals surface area (Å²) in [5, 5.41) is -0.449. The number of hydrogen-bond acceptors (Lipinski definition) is 8. The number of alkyl halides is 4. The first-order valence-electron chi connectivity index (χ1n) is 15.0. The highest BCUT2D eigenvalue weighted by atomic mass is 35.5. The van der Waals surface area contributed by atoms with Crippen molar-refractivity contribution < 1.29 is 36.2 Å². The molecule has 15 heteroatoms. The molecule has 0 unspecified atom stereocenters. The number of pyridine rings is 1. The van der Waals surface area contributed by atoms with Crippen LogP contribution < -0.4 is 9.64 Å². The van der Waals surface area contributed by atoms with Crippen LogP contribution in [0.15, 0.2) is 37.1 Å². The monoisotopic (exact) mass is 664 g/mol. The third-order valence-corrected chi connectivity index (χ3v) is 9.87. The van der Waals surface area contributed by atoms with Crippen LogP contribution in [0.5, 0.6) is 6.01 Å². The van der Waals surface area contributed by atoms with Crippen molar-refractivity contribution in [1.82, 2.24) is 24.8 Å². The number of carbonyl (C=O) groups is 1. The number of rotatable bonds is 6. The van der Waals surface area contributed by atoms with Crippen LogP contribution in [0, 0.1) is 5.82 Å². The van der Waals surface area contributed by atoms with E-state index >= 15 is 4.39 Å². The van der Waals surface area contributed by atoms with Gasteiger partial charge in [0, 0.05) is 44.4 Å². The van der Waals surface area contributed by atoms with Gasteiger partial charge in [0.15, 0.2) is 5.82 Å². The van der Waals surface area contributed by atoms with Gasteiger partial charge < -0.3 is 19.3 Å². The highest BCUT2D eigenvalue weighted by molar-refractivity contribution is 6.31. The maximum atomic E-state index is 16.5. The van der Waals surface area contributed by atoms with Crippen LogP contribution in [0.4, 0.5) is 27.8 Å². The Bertz CT molecular complexity index is 1720. The van der Waals surface area contributed by atoms with Crippen molar-refractivity contribution >= 4 is 34.2 Å². The quantitative estimate of drug-likeness (QED) is 0.267. The van der Waals surface area contributed by atoms with Gasteiger partial charge in [0.25, 0.3) is 0 Å². The van der Waals surface area contributed by atoms with Crippen molar-refractivity contribution in [3.8, 4) is 17.3 Å². The Hall–Kier alpha value is -3.62. The normalized spacial score (nSPS) is 24.3. The number of ether oxygens (including phenoxy) is 2. The Morgan fingerprint density at radius 3 is 2.74 bits per heavy atom. The second-order valence-corrected chi connectivity index (χ2v) is 12.8. The molecule has 1 spiro atoms. The van der Waals surface area contributed by atoms with E-state index < -0.39 is 51.1 Å². The van der Waals surface area contributed by atoms with Crippen LogP contribution in [0.25, 0.3) is 22.2 Å². The number of halogens is 6. The van der Waals surface area contributed by atoms with Crippen molar-refractivity contribution in [3.63, 3.8) is 0 Å². The predicted octanol–water partition coefficient (Wildman–Crippen LogP) is 5.06. The molecule has 0 aliphatic carbocycles. The molecule has 3 aromatic rings. The van der Waals surface area contributed by atoms with Gasteiger partial charge in [-0.2, -0.15) is 23.1 Å². The fraction of sp³-hybridized carbons (Fsp3) is 0.484. The average Bonchev–Trinajstić information content (AvgIpc) is 3.53. The molecule has 0 N–H and O–H groups in total. The highest BCUT2D eigenvalue weighted by Gasteiger charge is 2.51. The van der Waals surface area contributed by atoms with Crippen LogP contribution in [-0.4, -0.2) is 100 Å². The lowest BCUT2D eigenvalue weighted by Gasteiger charge is -2.55. The largest absolute Gasteiger partial charge is 0.461 e. The molecule has 4 saturated heterocycles. The molecular weight excluding hydrogens is 635 g/mol. The van der Waals surface area contributed by atoms with Gasteiger partial charge in [0.05, 0.1) is 34.7 Å². The third-order valence-electron chi connectivity index (χ3n) is 9.56. The molecule has 2 aromatic heterocycles. The van der Waals surface area contributed by atoms with Crippen LogP contribution in [0.1, 0.15) is 24.8 Å². The van der Waals surface area contributed by atoms with E-state index in [-0.39, 0.29) is 68.0 Å². The molecule has 0 saturated carbocycles. The van der Waals surface area contributed by atoms with E-state index in [4.69, 9.17) is 21.1 Å². The van der Waals surface area contributed by atoms with E-state index in [1.165, 1.54) is 18.3 Å². The van der Waals surface area contributed by atoms with Crippen molar-refractivity contribution in [3.05, 3.63) is 53.5 Å². The summed E-state index contributed by atoms with van der Waals surface area (Å²) in [7, 11) is 0. The van der Waals surface area contributed by atoms with Gasteiger partial charge in [-0.15, -0.1) is 0 Å². The predicted molar refractivity (Wildman–Crippen MR) is 159 cm³/mol. The first-order chi connectivity index (χ1) is 21.9. The number of aromatic nitrogens is 3. The highest BCUT2D eigenvalue weighted by Crippen LogP contribution is 2.44. The summed E-state index contributed by atoms with van der Waals surface area (Å²) in [4.78, 5) is 31.4. The van der Waals surface area contributed by atoms with E-state index in [2.05, 4.69) is 26.4 Å². The number of nitrogens with zero attached hydrogens (tertiary/aromatic N) is 6. The van der Waals surface area contributed by atoms with Gasteiger partial charge in [-0.1, -0.05) is 30.3 Å².